The third kappa shape index (κ3) is 5.85. The Balaban J connectivity index is 3.41. The maximum atomic E-state index is 9.98. The van der Waals surface area contributed by atoms with Gasteiger partial charge in [0.25, 0.3) is 0 Å². The molecule has 0 aromatic rings. The fourth-order valence-corrected chi connectivity index (χ4v) is 1.21. The molecule has 0 aliphatic carbocycles. The van der Waals surface area contributed by atoms with E-state index in [-0.39, 0.29) is 0 Å². The second-order valence-electron chi connectivity index (χ2n) is 2.76. The Morgan fingerprint density at radius 3 is 2.73 bits per heavy atom. The first-order valence-electron chi connectivity index (χ1n) is 4.22. The summed E-state index contributed by atoms with van der Waals surface area (Å²) in [6.07, 6.45) is 4.07. The summed E-state index contributed by atoms with van der Waals surface area (Å²) < 4.78 is 0. The molecule has 0 saturated carbocycles. The zero-order chi connectivity index (χ0) is 8.53. The second-order valence-corrected chi connectivity index (χ2v) is 2.76. The predicted octanol–water partition coefficient (Wildman–Crippen LogP) is 0.497. The van der Waals surface area contributed by atoms with E-state index in [1.165, 1.54) is 0 Å². The molecule has 0 bridgehead atoms. The lowest BCUT2D eigenvalue weighted by atomic mass is 10.0. The molecule has 0 spiro atoms. The molecule has 66 valence electrons. The SMILES string of the molecule is CCCC(CCN)CNC=O. The fraction of sp³-hybridized carbons (Fsp3) is 0.875. The van der Waals surface area contributed by atoms with Crippen molar-refractivity contribution >= 4 is 6.41 Å². The van der Waals surface area contributed by atoms with Gasteiger partial charge in [0.2, 0.25) is 6.41 Å². The molecule has 0 rings (SSSR count). The quantitative estimate of drug-likeness (QED) is 0.530. The highest BCUT2D eigenvalue weighted by atomic mass is 16.1. The van der Waals surface area contributed by atoms with E-state index in [1.807, 2.05) is 0 Å². The van der Waals surface area contributed by atoms with Gasteiger partial charge in [-0.1, -0.05) is 13.3 Å². The van der Waals surface area contributed by atoms with E-state index in [0.29, 0.717) is 12.5 Å². The summed E-state index contributed by atoms with van der Waals surface area (Å²) in [5.41, 5.74) is 5.42. The van der Waals surface area contributed by atoms with Gasteiger partial charge in [0.1, 0.15) is 0 Å². The minimum atomic E-state index is 0.565. The van der Waals surface area contributed by atoms with Crippen molar-refractivity contribution in [3.8, 4) is 0 Å². The van der Waals surface area contributed by atoms with Crippen LogP contribution in [0.3, 0.4) is 0 Å². The molecule has 0 aromatic heterocycles. The van der Waals surface area contributed by atoms with Gasteiger partial charge in [-0.25, -0.2) is 0 Å². The highest BCUT2D eigenvalue weighted by molar-refractivity contribution is 5.45. The molecule has 3 N–H and O–H groups in total. The average molecular weight is 158 g/mol. The highest BCUT2D eigenvalue weighted by Gasteiger charge is 2.04. The number of rotatable bonds is 7. The number of hydrogen-bond donors (Lipinski definition) is 2. The third-order valence-corrected chi connectivity index (χ3v) is 1.76. The third-order valence-electron chi connectivity index (χ3n) is 1.76. The second kappa shape index (κ2) is 7.54. The van der Waals surface area contributed by atoms with E-state index in [0.717, 1.165) is 32.2 Å². The number of hydrogen-bond acceptors (Lipinski definition) is 2. The normalized spacial score (nSPS) is 12.5. The summed E-state index contributed by atoms with van der Waals surface area (Å²) in [4.78, 5) is 9.98. The minimum Gasteiger partial charge on any atom is -0.358 e. The molecule has 1 atom stereocenters. The number of nitrogens with two attached hydrogens (primary N) is 1. The van der Waals surface area contributed by atoms with Crippen molar-refractivity contribution in [1.29, 1.82) is 0 Å². The van der Waals surface area contributed by atoms with Gasteiger partial charge in [-0.15, -0.1) is 0 Å². The zero-order valence-corrected chi connectivity index (χ0v) is 7.18. The van der Waals surface area contributed by atoms with Gasteiger partial charge < -0.3 is 11.1 Å². The number of amides is 1. The van der Waals surface area contributed by atoms with Crippen LogP contribution >= 0.6 is 0 Å². The van der Waals surface area contributed by atoms with Crippen LogP contribution in [0.5, 0.6) is 0 Å². The van der Waals surface area contributed by atoms with Crippen LogP contribution in [-0.4, -0.2) is 19.5 Å². The standard InChI is InChI=1S/C8H18N2O/c1-2-3-8(4-5-9)6-10-7-11/h7-8H,2-6,9H2,1H3,(H,10,11). The fourth-order valence-electron chi connectivity index (χ4n) is 1.21. The summed E-state index contributed by atoms with van der Waals surface area (Å²) in [5, 5.41) is 2.68. The molecule has 0 radical (unpaired) electrons. The largest absolute Gasteiger partial charge is 0.358 e. The van der Waals surface area contributed by atoms with Crippen LogP contribution in [-0.2, 0) is 4.79 Å². The summed E-state index contributed by atoms with van der Waals surface area (Å²) in [7, 11) is 0. The van der Waals surface area contributed by atoms with Gasteiger partial charge in [0, 0.05) is 6.54 Å². The van der Waals surface area contributed by atoms with Crippen LogP contribution in [0.25, 0.3) is 0 Å². The highest BCUT2D eigenvalue weighted by Crippen LogP contribution is 2.08. The van der Waals surface area contributed by atoms with Crippen LogP contribution < -0.4 is 11.1 Å². The van der Waals surface area contributed by atoms with Crippen molar-refractivity contribution in [3.63, 3.8) is 0 Å². The molecule has 0 saturated heterocycles. The Hall–Kier alpha value is -0.570. The van der Waals surface area contributed by atoms with Crippen molar-refractivity contribution < 1.29 is 4.79 Å². The molecule has 11 heavy (non-hydrogen) atoms. The summed E-state index contributed by atoms with van der Waals surface area (Å²) in [6.45, 7) is 3.63. The van der Waals surface area contributed by atoms with Crippen molar-refractivity contribution in [1.82, 2.24) is 5.32 Å². The van der Waals surface area contributed by atoms with Gasteiger partial charge >= 0.3 is 0 Å². The molecular weight excluding hydrogens is 140 g/mol. The smallest absolute Gasteiger partial charge is 0.207 e. The molecule has 3 nitrogen and oxygen atoms in total. The number of carbonyl (C=O) groups is 1. The first-order valence-corrected chi connectivity index (χ1v) is 4.22. The Morgan fingerprint density at radius 1 is 1.55 bits per heavy atom. The van der Waals surface area contributed by atoms with Gasteiger partial charge in [-0.05, 0) is 25.3 Å². The van der Waals surface area contributed by atoms with Crippen molar-refractivity contribution in [2.75, 3.05) is 13.1 Å². The monoisotopic (exact) mass is 158 g/mol. The molecule has 1 unspecified atom stereocenters. The van der Waals surface area contributed by atoms with Crippen molar-refractivity contribution in [2.24, 2.45) is 11.7 Å². The zero-order valence-electron chi connectivity index (χ0n) is 7.18. The molecular formula is C8H18N2O. The van der Waals surface area contributed by atoms with E-state index in [2.05, 4.69) is 12.2 Å². The Labute approximate surface area is 68.3 Å². The maximum Gasteiger partial charge on any atom is 0.207 e. The lowest BCUT2D eigenvalue weighted by Gasteiger charge is -2.13. The first kappa shape index (κ1) is 10.4. The van der Waals surface area contributed by atoms with E-state index < -0.39 is 0 Å². The van der Waals surface area contributed by atoms with Gasteiger partial charge in [-0.2, -0.15) is 0 Å². The molecule has 3 heteroatoms. The van der Waals surface area contributed by atoms with Crippen molar-refractivity contribution in [3.05, 3.63) is 0 Å². The Bertz CT molecular complexity index is 90.1. The molecule has 0 heterocycles. The lowest BCUT2D eigenvalue weighted by molar-refractivity contribution is -0.109. The molecule has 0 aliphatic rings. The van der Waals surface area contributed by atoms with Gasteiger partial charge in [-0.3, -0.25) is 4.79 Å². The van der Waals surface area contributed by atoms with Crippen LogP contribution in [0.15, 0.2) is 0 Å². The first-order chi connectivity index (χ1) is 5.35. The average Bonchev–Trinajstić information content (AvgIpc) is 2.01. The van der Waals surface area contributed by atoms with Crippen LogP contribution in [0.4, 0.5) is 0 Å². The van der Waals surface area contributed by atoms with E-state index in [1.54, 1.807) is 0 Å². The number of nitrogens with one attached hydrogen (secondary N) is 1. The minimum absolute atomic E-state index is 0.565. The summed E-state index contributed by atoms with van der Waals surface area (Å²) in [6, 6.07) is 0. The molecule has 1 amide bonds. The molecule has 0 aliphatic heterocycles. The summed E-state index contributed by atoms with van der Waals surface area (Å²) in [5.74, 6) is 0.565. The molecule has 0 aromatic carbocycles. The Morgan fingerprint density at radius 2 is 2.27 bits per heavy atom. The molecule has 0 fully saturated rings. The van der Waals surface area contributed by atoms with E-state index in [9.17, 15) is 4.79 Å². The van der Waals surface area contributed by atoms with Crippen molar-refractivity contribution in [2.45, 2.75) is 26.2 Å². The van der Waals surface area contributed by atoms with Crippen LogP contribution in [0, 0.1) is 5.92 Å². The lowest BCUT2D eigenvalue weighted by Crippen LogP contribution is -2.23. The topological polar surface area (TPSA) is 55.1 Å². The number of carbonyl (C=O) groups excluding carboxylic acids is 1. The summed E-state index contributed by atoms with van der Waals surface area (Å²) >= 11 is 0. The van der Waals surface area contributed by atoms with Gasteiger partial charge in [0.05, 0.1) is 0 Å². The van der Waals surface area contributed by atoms with Crippen LogP contribution in [0.1, 0.15) is 26.2 Å². The Kier molecular flexibility index (Phi) is 7.15. The van der Waals surface area contributed by atoms with Crippen LogP contribution in [0.2, 0.25) is 0 Å². The van der Waals surface area contributed by atoms with E-state index >= 15 is 0 Å². The maximum absolute atomic E-state index is 9.98. The predicted molar refractivity (Wildman–Crippen MR) is 46.1 cm³/mol. The van der Waals surface area contributed by atoms with E-state index in [4.69, 9.17) is 5.73 Å². The van der Waals surface area contributed by atoms with Gasteiger partial charge in [0.15, 0.2) is 0 Å².